The highest BCUT2D eigenvalue weighted by Crippen LogP contribution is 2.34. The number of benzene rings is 2. The number of carbonyl (C=O) groups is 2. The maximum atomic E-state index is 13.4. The Balaban J connectivity index is 1.19. The minimum absolute atomic E-state index is 0.000288. The number of anilines is 1. The lowest BCUT2D eigenvalue weighted by Crippen LogP contribution is -2.45. The van der Waals surface area contributed by atoms with Gasteiger partial charge >= 0.3 is 0 Å². The van der Waals surface area contributed by atoms with Crippen LogP contribution in [0.5, 0.6) is 11.5 Å². The van der Waals surface area contributed by atoms with E-state index in [0.29, 0.717) is 11.3 Å². The van der Waals surface area contributed by atoms with Crippen molar-refractivity contribution in [1.82, 2.24) is 15.3 Å². The molecule has 5 rings (SSSR count). The third-order valence-electron chi connectivity index (χ3n) is 7.24. The van der Waals surface area contributed by atoms with Crippen molar-refractivity contribution in [2.24, 2.45) is 11.1 Å². The Morgan fingerprint density at radius 3 is 2.90 bits per heavy atom. The highest BCUT2D eigenvalue weighted by atomic mass is 16.5. The first kappa shape index (κ1) is 27.9. The van der Waals surface area contributed by atoms with Gasteiger partial charge in [-0.15, -0.1) is 0 Å². The van der Waals surface area contributed by atoms with Gasteiger partial charge in [-0.25, -0.2) is 4.98 Å². The van der Waals surface area contributed by atoms with Gasteiger partial charge < -0.3 is 30.8 Å². The second kappa shape index (κ2) is 11.9. The number of pyridine rings is 1. The molecule has 41 heavy (non-hydrogen) atoms. The summed E-state index contributed by atoms with van der Waals surface area (Å²) in [5.41, 5.74) is 9.38. The molecular weight excluding hydrogens is 518 g/mol. The number of phenols is 1. The largest absolute Gasteiger partial charge is 0.507 e. The third kappa shape index (κ3) is 6.75. The number of amides is 1. The maximum Gasteiger partial charge on any atom is 0.245 e. The zero-order valence-corrected chi connectivity index (χ0v) is 23.3. The first-order valence-corrected chi connectivity index (χ1v) is 13.7. The van der Waals surface area contributed by atoms with Gasteiger partial charge in [0.15, 0.2) is 5.78 Å². The van der Waals surface area contributed by atoms with Crippen LogP contribution >= 0.6 is 0 Å². The van der Waals surface area contributed by atoms with Gasteiger partial charge in [0.2, 0.25) is 5.91 Å². The lowest BCUT2D eigenvalue weighted by atomic mass is 9.84. The quantitative estimate of drug-likeness (QED) is 0.135. The van der Waals surface area contributed by atoms with Gasteiger partial charge in [-0.3, -0.25) is 9.59 Å². The number of hydrogen-bond donors (Lipinski definition) is 4. The summed E-state index contributed by atoms with van der Waals surface area (Å²) in [4.78, 5) is 35.3. The van der Waals surface area contributed by atoms with Gasteiger partial charge in [0.1, 0.15) is 29.9 Å². The van der Waals surface area contributed by atoms with Crippen LogP contribution in [0.2, 0.25) is 0 Å². The van der Waals surface area contributed by atoms with Gasteiger partial charge in [-0.2, -0.15) is 0 Å². The van der Waals surface area contributed by atoms with Crippen LogP contribution in [-0.4, -0.2) is 52.6 Å². The zero-order chi connectivity index (χ0) is 29.0. The molecule has 5 N–H and O–H groups in total. The van der Waals surface area contributed by atoms with Crippen LogP contribution < -0.4 is 20.7 Å². The fraction of sp³-hybridized carbons (Fsp3) is 0.281. The number of aromatic hydroxyl groups is 1. The van der Waals surface area contributed by atoms with Crippen LogP contribution in [0.3, 0.4) is 0 Å². The molecule has 1 saturated heterocycles. The van der Waals surface area contributed by atoms with Crippen molar-refractivity contribution in [3.63, 3.8) is 0 Å². The molecule has 0 saturated carbocycles. The van der Waals surface area contributed by atoms with Crippen LogP contribution in [0.1, 0.15) is 48.2 Å². The average Bonchev–Trinajstić information content (AvgIpc) is 3.37. The Morgan fingerprint density at radius 1 is 1.22 bits per heavy atom. The number of nitrogens with two attached hydrogens (primary N) is 1. The van der Waals surface area contributed by atoms with Crippen molar-refractivity contribution in [2.75, 3.05) is 24.6 Å². The fourth-order valence-corrected chi connectivity index (χ4v) is 5.17. The second-order valence-corrected chi connectivity index (χ2v) is 11.2. The summed E-state index contributed by atoms with van der Waals surface area (Å²) in [6.45, 7) is 6.29. The molecule has 212 valence electrons. The lowest BCUT2D eigenvalue weighted by Gasteiger charge is -2.39. The normalized spacial score (nSPS) is 15.6. The summed E-state index contributed by atoms with van der Waals surface area (Å²) >= 11 is 0. The summed E-state index contributed by atoms with van der Waals surface area (Å²) in [5.74, 6) is -0.309. The third-order valence-corrected chi connectivity index (χ3v) is 7.24. The molecule has 1 aliphatic rings. The summed E-state index contributed by atoms with van der Waals surface area (Å²) in [6, 6.07) is 15.7. The van der Waals surface area contributed by atoms with Crippen LogP contribution in [0, 0.1) is 5.41 Å². The zero-order valence-electron chi connectivity index (χ0n) is 23.3. The summed E-state index contributed by atoms with van der Waals surface area (Å²) in [7, 11) is 0. The molecule has 2 aromatic heterocycles. The molecule has 0 radical (unpaired) electrons. The summed E-state index contributed by atoms with van der Waals surface area (Å²) < 4.78 is 5.78. The van der Waals surface area contributed by atoms with Crippen LogP contribution in [-0.2, 0) is 4.79 Å². The SMILES string of the molecule is CC1(C)CCCN(c2ccc(O)c(C(=O)c3cccc(OCC(N)NC(=O)/C=C/c4c[nH]c5ncccc45)c3)c2)C1. The monoisotopic (exact) mass is 553 g/mol. The van der Waals surface area contributed by atoms with E-state index in [1.165, 1.54) is 6.08 Å². The molecule has 1 atom stereocenters. The smallest absolute Gasteiger partial charge is 0.245 e. The number of ketones is 1. The molecule has 4 aromatic rings. The molecule has 2 aromatic carbocycles. The standard InChI is InChI=1S/C32H35N5O4/c1-32(2)13-5-15-37(20-32)23-10-11-27(38)26(17-23)30(40)21-6-3-7-24(16-21)41-19-28(33)36-29(39)12-9-22-18-35-31-25(22)8-4-14-34-31/h3-4,6-12,14,16-18,28,38H,5,13,15,19-20,33H2,1-2H3,(H,34,35)(H,36,39)/b12-9+. The molecule has 1 fully saturated rings. The first-order chi connectivity index (χ1) is 19.7. The maximum absolute atomic E-state index is 13.4. The molecule has 0 aliphatic carbocycles. The molecule has 9 nitrogen and oxygen atoms in total. The van der Waals surface area contributed by atoms with E-state index in [1.54, 1.807) is 54.9 Å². The highest BCUT2D eigenvalue weighted by molar-refractivity contribution is 6.11. The number of nitrogens with one attached hydrogen (secondary N) is 2. The molecule has 1 unspecified atom stereocenters. The van der Waals surface area contributed by atoms with Gasteiger partial charge in [-0.05, 0) is 66.8 Å². The van der Waals surface area contributed by atoms with Gasteiger partial charge in [-0.1, -0.05) is 26.0 Å². The van der Waals surface area contributed by atoms with Crippen LogP contribution in [0.15, 0.2) is 73.1 Å². The molecule has 9 heteroatoms. The second-order valence-electron chi connectivity index (χ2n) is 11.2. The van der Waals surface area contributed by atoms with Crippen molar-refractivity contribution in [3.8, 4) is 11.5 Å². The van der Waals surface area contributed by atoms with Gasteiger partial charge in [0, 0.05) is 53.8 Å². The number of ether oxygens (including phenoxy) is 1. The highest BCUT2D eigenvalue weighted by Gasteiger charge is 2.27. The number of fused-ring (bicyclic) bond motifs is 1. The van der Waals surface area contributed by atoms with E-state index in [-0.39, 0.29) is 35.0 Å². The van der Waals surface area contributed by atoms with Crippen LogP contribution in [0.4, 0.5) is 5.69 Å². The number of nitrogens with zero attached hydrogens (tertiary/aromatic N) is 2. The lowest BCUT2D eigenvalue weighted by molar-refractivity contribution is -0.117. The number of phenolic OH excluding ortho intramolecular Hbond substituents is 1. The van der Waals surface area contributed by atoms with E-state index in [0.717, 1.165) is 48.2 Å². The summed E-state index contributed by atoms with van der Waals surface area (Å²) in [6.07, 6.45) is 8.04. The Kier molecular flexibility index (Phi) is 8.07. The molecule has 1 amide bonds. The van der Waals surface area contributed by atoms with Gasteiger partial charge in [0.05, 0.1) is 5.56 Å². The van der Waals surface area contributed by atoms with Gasteiger partial charge in [0.25, 0.3) is 0 Å². The number of aromatic amines is 1. The molecular formula is C32H35N5O4. The van der Waals surface area contributed by atoms with Crippen LogP contribution in [0.25, 0.3) is 17.1 Å². The van der Waals surface area contributed by atoms with E-state index in [1.807, 2.05) is 18.2 Å². The fourth-order valence-electron chi connectivity index (χ4n) is 5.17. The molecule has 1 aliphatic heterocycles. The van der Waals surface area contributed by atoms with E-state index >= 15 is 0 Å². The minimum Gasteiger partial charge on any atom is -0.507 e. The number of H-pyrrole nitrogens is 1. The predicted molar refractivity (Wildman–Crippen MR) is 160 cm³/mol. The Bertz CT molecular complexity index is 1590. The average molecular weight is 554 g/mol. The number of piperidine rings is 1. The number of rotatable bonds is 9. The molecule has 0 spiro atoms. The summed E-state index contributed by atoms with van der Waals surface area (Å²) in [5, 5.41) is 14.1. The minimum atomic E-state index is -0.773. The Hall–Kier alpha value is -4.63. The van der Waals surface area contributed by atoms with Crippen molar-refractivity contribution < 1.29 is 19.4 Å². The van der Waals surface area contributed by atoms with E-state index in [9.17, 15) is 14.7 Å². The first-order valence-electron chi connectivity index (χ1n) is 13.7. The van der Waals surface area contributed by atoms with Crippen molar-refractivity contribution >= 4 is 34.5 Å². The predicted octanol–water partition coefficient (Wildman–Crippen LogP) is 4.62. The topological polar surface area (TPSA) is 134 Å². The van der Waals surface area contributed by atoms with Crippen molar-refractivity contribution in [3.05, 3.63) is 89.8 Å². The number of carbonyl (C=O) groups excluding carboxylic acids is 2. The van der Waals surface area contributed by atoms with Crippen molar-refractivity contribution in [2.45, 2.75) is 32.9 Å². The van der Waals surface area contributed by atoms with Crippen molar-refractivity contribution in [1.29, 1.82) is 0 Å². The van der Waals surface area contributed by atoms with E-state index in [4.69, 9.17) is 10.5 Å². The van der Waals surface area contributed by atoms with E-state index < -0.39 is 6.17 Å². The molecule has 3 heterocycles. The Morgan fingerprint density at radius 2 is 2.07 bits per heavy atom. The molecule has 0 bridgehead atoms. The number of hydrogen-bond acceptors (Lipinski definition) is 7. The van der Waals surface area contributed by atoms with E-state index in [2.05, 4.69) is 34.0 Å². The Labute approximate surface area is 239 Å². The number of aromatic nitrogens is 2.